The van der Waals surface area contributed by atoms with Gasteiger partial charge in [-0.05, 0) is 30.7 Å². The van der Waals surface area contributed by atoms with Crippen molar-refractivity contribution >= 4 is 38.8 Å². The number of carbonyl (C=O) groups is 1. The molecule has 2 N–H and O–H groups in total. The summed E-state index contributed by atoms with van der Waals surface area (Å²) in [5.41, 5.74) is 6.24. The Morgan fingerprint density at radius 1 is 1.33 bits per heavy atom. The van der Waals surface area contributed by atoms with Gasteiger partial charge in [0.15, 0.2) is 0 Å². The summed E-state index contributed by atoms with van der Waals surface area (Å²) < 4.78 is 39.1. The van der Waals surface area contributed by atoms with Crippen LogP contribution >= 0.6 is 11.3 Å². The van der Waals surface area contributed by atoms with Crippen molar-refractivity contribution in [1.29, 1.82) is 0 Å². The molecule has 27 heavy (non-hydrogen) atoms. The molecule has 2 aromatic heterocycles. The van der Waals surface area contributed by atoms with E-state index in [-0.39, 0.29) is 21.9 Å². The summed E-state index contributed by atoms with van der Waals surface area (Å²) >= 11 is 0.864. The number of rotatable bonds is 4. The lowest BCUT2D eigenvalue weighted by molar-refractivity contribution is -0.141. The predicted octanol–water partition coefficient (Wildman–Crippen LogP) is 5.04. The first kappa shape index (κ1) is 18.9. The Bertz CT molecular complexity index is 1010. The summed E-state index contributed by atoms with van der Waals surface area (Å²) in [6.07, 6.45) is -3.00. The average Bonchev–Trinajstić information content (AvgIpc) is 2.96. The number of aryl methyl sites for hydroxylation is 1. The van der Waals surface area contributed by atoms with Crippen molar-refractivity contribution in [2.45, 2.75) is 13.1 Å². The van der Waals surface area contributed by atoms with E-state index in [1.165, 1.54) is 11.8 Å². The Morgan fingerprint density at radius 3 is 2.59 bits per heavy atom. The van der Waals surface area contributed by atoms with Gasteiger partial charge in [-0.2, -0.15) is 13.2 Å². The molecule has 1 amide bonds. The number of hydrogen-bond donors (Lipinski definition) is 1. The number of para-hydroxylation sites is 1. The molecule has 0 bridgehead atoms. The van der Waals surface area contributed by atoms with E-state index in [4.69, 9.17) is 5.73 Å². The van der Waals surface area contributed by atoms with Gasteiger partial charge in [-0.25, -0.2) is 4.98 Å². The number of nitrogens with zero attached hydrogens (tertiary/aromatic N) is 2. The highest BCUT2D eigenvalue weighted by atomic mass is 32.1. The predicted molar refractivity (Wildman–Crippen MR) is 102 cm³/mol. The van der Waals surface area contributed by atoms with Crippen molar-refractivity contribution in [1.82, 2.24) is 4.98 Å². The Kier molecular flexibility index (Phi) is 4.93. The van der Waals surface area contributed by atoms with Gasteiger partial charge in [0, 0.05) is 17.6 Å². The number of aromatic nitrogens is 1. The lowest BCUT2D eigenvalue weighted by atomic mass is 10.1. The van der Waals surface area contributed by atoms with Gasteiger partial charge in [-0.3, -0.25) is 4.79 Å². The fraction of sp³-hybridized carbons (Fsp3) is 0.158. The number of carbonyl (C=O) groups excluding carboxylic acids is 1. The summed E-state index contributed by atoms with van der Waals surface area (Å²) in [6, 6.07) is 9.85. The van der Waals surface area contributed by atoms with E-state index in [1.807, 2.05) is 6.07 Å². The first-order chi connectivity index (χ1) is 12.7. The highest BCUT2D eigenvalue weighted by molar-refractivity contribution is 7.21. The van der Waals surface area contributed by atoms with Crippen LogP contribution in [-0.4, -0.2) is 17.4 Å². The van der Waals surface area contributed by atoms with Crippen LogP contribution in [0.1, 0.15) is 20.9 Å². The molecule has 8 heteroatoms. The third kappa shape index (κ3) is 3.52. The molecule has 2 heterocycles. The van der Waals surface area contributed by atoms with Gasteiger partial charge in [-0.1, -0.05) is 24.3 Å². The maximum absolute atomic E-state index is 13.1. The molecule has 3 rings (SSSR count). The van der Waals surface area contributed by atoms with Gasteiger partial charge in [0.25, 0.3) is 5.91 Å². The monoisotopic (exact) mass is 391 g/mol. The molecule has 0 spiro atoms. The third-order valence-corrected chi connectivity index (χ3v) is 5.09. The topological polar surface area (TPSA) is 59.2 Å². The molecule has 0 saturated carbocycles. The molecule has 0 fully saturated rings. The highest BCUT2D eigenvalue weighted by Crippen LogP contribution is 2.39. The number of pyridine rings is 1. The molecule has 0 aliphatic carbocycles. The average molecular weight is 391 g/mol. The molecule has 140 valence electrons. The zero-order valence-corrected chi connectivity index (χ0v) is 15.2. The Balaban J connectivity index is 2.13. The minimum Gasteiger partial charge on any atom is -0.397 e. The number of fused-ring (bicyclic) bond motifs is 1. The summed E-state index contributed by atoms with van der Waals surface area (Å²) in [5.74, 6) is -0.408. The highest BCUT2D eigenvalue weighted by Gasteiger charge is 2.34. The van der Waals surface area contributed by atoms with Crippen LogP contribution in [0.4, 0.5) is 24.5 Å². The van der Waals surface area contributed by atoms with Gasteiger partial charge in [0.2, 0.25) is 0 Å². The lowest BCUT2D eigenvalue weighted by Crippen LogP contribution is -2.30. The van der Waals surface area contributed by atoms with Crippen molar-refractivity contribution in [3.63, 3.8) is 0 Å². The number of amides is 1. The van der Waals surface area contributed by atoms with Crippen LogP contribution in [0.5, 0.6) is 0 Å². The van der Waals surface area contributed by atoms with E-state index >= 15 is 0 Å². The Labute approximate surface area is 157 Å². The lowest BCUT2D eigenvalue weighted by Gasteiger charge is -2.20. The second-order valence-electron chi connectivity index (χ2n) is 5.89. The van der Waals surface area contributed by atoms with Crippen molar-refractivity contribution in [3.8, 4) is 0 Å². The number of benzene rings is 1. The maximum atomic E-state index is 13.1. The zero-order valence-electron chi connectivity index (χ0n) is 14.4. The molecule has 3 aromatic rings. The molecular formula is C19H16F3N3OS. The van der Waals surface area contributed by atoms with Gasteiger partial charge in [-0.15, -0.1) is 17.9 Å². The Morgan fingerprint density at radius 2 is 2.00 bits per heavy atom. The zero-order chi connectivity index (χ0) is 19.8. The molecule has 0 aliphatic heterocycles. The molecule has 0 unspecified atom stereocenters. The second-order valence-corrected chi connectivity index (χ2v) is 6.89. The van der Waals surface area contributed by atoms with Crippen LogP contribution in [-0.2, 0) is 6.18 Å². The third-order valence-electron chi connectivity index (χ3n) is 4.01. The molecule has 4 nitrogen and oxygen atoms in total. The molecule has 0 atom stereocenters. The number of nitrogen functional groups attached to an aromatic ring is 1. The van der Waals surface area contributed by atoms with Crippen molar-refractivity contribution in [2.24, 2.45) is 0 Å². The summed E-state index contributed by atoms with van der Waals surface area (Å²) in [5, 5.41) is 0.378. The summed E-state index contributed by atoms with van der Waals surface area (Å²) in [6.45, 7) is 5.42. The van der Waals surface area contributed by atoms with Crippen LogP contribution in [0, 0.1) is 6.92 Å². The normalized spacial score (nSPS) is 11.6. The minimum absolute atomic E-state index is 0.0924. The van der Waals surface area contributed by atoms with E-state index in [0.717, 1.165) is 17.4 Å². The maximum Gasteiger partial charge on any atom is 0.433 e. The number of alkyl halides is 3. The number of nitrogens with two attached hydrogens (primary N) is 1. The Hall–Kier alpha value is -2.87. The van der Waals surface area contributed by atoms with E-state index < -0.39 is 17.8 Å². The largest absolute Gasteiger partial charge is 0.433 e. The van der Waals surface area contributed by atoms with Crippen LogP contribution < -0.4 is 10.6 Å². The minimum atomic E-state index is -4.57. The first-order valence-electron chi connectivity index (χ1n) is 7.98. The van der Waals surface area contributed by atoms with E-state index in [0.29, 0.717) is 16.6 Å². The number of thiophene rings is 1. The van der Waals surface area contributed by atoms with E-state index in [9.17, 15) is 18.0 Å². The van der Waals surface area contributed by atoms with Gasteiger partial charge < -0.3 is 10.6 Å². The molecule has 0 radical (unpaired) electrons. The quantitative estimate of drug-likeness (QED) is 0.634. The van der Waals surface area contributed by atoms with Crippen LogP contribution in [0.25, 0.3) is 10.2 Å². The fourth-order valence-corrected chi connectivity index (χ4v) is 3.90. The van der Waals surface area contributed by atoms with Crippen molar-refractivity contribution < 1.29 is 18.0 Å². The smallest absolute Gasteiger partial charge is 0.397 e. The van der Waals surface area contributed by atoms with Crippen LogP contribution in [0.2, 0.25) is 0 Å². The number of anilines is 2. The van der Waals surface area contributed by atoms with E-state index in [2.05, 4.69) is 11.6 Å². The molecule has 1 aromatic carbocycles. The van der Waals surface area contributed by atoms with E-state index in [1.54, 1.807) is 30.3 Å². The fourth-order valence-electron chi connectivity index (χ4n) is 2.78. The standard InChI is InChI=1S/C19H16F3N3OS/c1-3-9-25(12-7-5-4-6-8-12)18(26)16-15(23)14-11(2)10-13(19(20,21)22)24-17(14)27-16/h3-8,10H,1,9,23H2,2H3. The van der Waals surface area contributed by atoms with Crippen LogP contribution in [0.3, 0.4) is 0 Å². The summed E-state index contributed by atoms with van der Waals surface area (Å²) in [7, 11) is 0. The SMILES string of the molecule is C=CCN(C(=O)c1sc2nc(C(F)(F)F)cc(C)c2c1N)c1ccccc1. The number of halogens is 3. The van der Waals surface area contributed by atoms with Crippen molar-refractivity contribution in [3.05, 3.63) is 65.2 Å². The molecule has 0 aliphatic rings. The van der Waals surface area contributed by atoms with Gasteiger partial charge in [0.05, 0.1) is 5.69 Å². The van der Waals surface area contributed by atoms with Crippen LogP contribution in [0.15, 0.2) is 49.1 Å². The van der Waals surface area contributed by atoms with Gasteiger partial charge >= 0.3 is 6.18 Å². The molecule has 0 saturated heterocycles. The van der Waals surface area contributed by atoms with Gasteiger partial charge in [0.1, 0.15) is 15.4 Å². The molecular weight excluding hydrogens is 375 g/mol. The first-order valence-corrected chi connectivity index (χ1v) is 8.80. The van der Waals surface area contributed by atoms with Crippen molar-refractivity contribution in [2.75, 3.05) is 17.2 Å². The second kappa shape index (κ2) is 7.03. The number of hydrogen-bond acceptors (Lipinski definition) is 4. The summed E-state index contributed by atoms with van der Waals surface area (Å²) in [4.78, 5) is 18.5.